The molecule has 0 bridgehead atoms. The maximum absolute atomic E-state index is 11.9. The van der Waals surface area contributed by atoms with E-state index in [4.69, 9.17) is 4.74 Å². The summed E-state index contributed by atoms with van der Waals surface area (Å²) in [6.07, 6.45) is 0. The van der Waals surface area contributed by atoms with Gasteiger partial charge in [-0.05, 0) is 32.2 Å². The molecular formula is C15H21Cl2N3O2S. The third kappa shape index (κ3) is 7.18. The van der Waals surface area contributed by atoms with E-state index in [1.165, 1.54) is 0 Å². The van der Waals surface area contributed by atoms with E-state index in [9.17, 15) is 4.79 Å². The summed E-state index contributed by atoms with van der Waals surface area (Å²) in [7, 11) is 1.85. The molecule has 2 aromatic rings. The van der Waals surface area contributed by atoms with E-state index in [-0.39, 0.29) is 30.7 Å². The minimum atomic E-state index is -0.0970. The summed E-state index contributed by atoms with van der Waals surface area (Å²) in [5, 5.41) is 8.81. The molecule has 0 aliphatic rings. The Bertz CT molecular complexity index is 608. The van der Waals surface area contributed by atoms with Gasteiger partial charge >= 0.3 is 0 Å². The number of ether oxygens (including phenoxy) is 1. The lowest BCUT2D eigenvalue weighted by atomic mass is 10.2. The van der Waals surface area contributed by atoms with Gasteiger partial charge in [0.2, 0.25) is 0 Å². The lowest BCUT2D eigenvalue weighted by molar-refractivity contribution is 0.0953. The Labute approximate surface area is 152 Å². The topological polar surface area (TPSA) is 63.2 Å². The first kappa shape index (κ1) is 21.7. The molecule has 0 spiro atoms. The van der Waals surface area contributed by atoms with Crippen LogP contribution in [0.4, 0.5) is 0 Å². The van der Waals surface area contributed by atoms with Gasteiger partial charge in [-0.1, -0.05) is 6.07 Å². The highest BCUT2D eigenvalue weighted by Crippen LogP contribution is 2.16. The lowest BCUT2D eigenvalue weighted by Gasteiger charge is -2.08. The second-order valence-electron chi connectivity index (χ2n) is 4.53. The fourth-order valence-electron chi connectivity index (χ4n) is 1.76. The van der Waals surface area contributed by atoms with Crippen LogP contribution >= 0.6 is 36.2 Å². The summed E-state index contributed by atoms with van der Waals surface area (Å²) in [6, 6.07) is 7.17. The van der Waals surface area contributed by atoms with Crippen LogP contribution in [0.1, 0.15) is 21.1 Å². The summed E-state index contributed by atoms with van der Waals surface area (Å²) in [6.45, 7) is 3.71. The molecule has 0 atom stereocenters. The molecule has 0 saturated heterocycles. The first-order chi connectivity index (χ1) is 10.2. The molecule has 0 saturated carbocycles. The number of thiazole rings is 1. The van der Waals surface area contributed by atoms with Gasteiger partial charge in [0.05, 0.1) is 10.7 Å². The number of nitrogens with zero attached hydrogens (tertiary/aromatic N) is 1. The zero-order valence-electron chi connectivity index (χ0n) is 13.0. The second-order valence-corrected chi connectivity index (χ2v) is 5.60. The molecule has 0 unspecified atom stereocenters. The van der Waals surface area contributed by atoms with Crippen LogP contribution in [-0.2, 0) is 6.61 Å². The molecule has 0 aliphatic carbocycles. The van der Waals surface area contributed by atoms with Crippen molar-refractivity contribution in [1.29, 1.82) is 0 Å². The van der Waals surface area contributed by atoms with Crippen LogP contribution < -0.4 is 15.4 Å². The number of benzene rings is 1. The molecule has 1 amide bonds. The third-order valence-electron chi connectivity index (χ3n) is 2.81. The highest BCUT2D eigenvalue weighted by molar-refractivity contribution is 7.09. The molecule has 0 aliphatic heterocycles. The third-order valence-corrected chi connectivity index (χ3v) is 3.63. The number of aromatic nitrogens is 1. The summed E-state index contributed by atoms with van der Waals surface area (Å²) < 4.78 is 5.67. The molecule has 5 nitrogen and oxygen atoms in total. The van der Waals surface area contributed by atoms with Crippen LogP contribution in [0.3, 0.4) is 0 Å². The van der Waals surface area contributed by atoms with Crippen LogP contribution in [0.5, 0.6) is 5.75 Å². The Morgan fingerprint density at radius 2 is 2.09 bits per heavy atom. The quantitative estimate of drug-likeness (QED) is 0.728. The van der Waals surface area contributed by atoms with E-state index < -0.39 is 0 Å². The molecule has 1 aromatic carbocycles. The number of likely N-dealkylation sites (N-methyl/N-ethyl adjacent to an activating group) is 1. The van der Waals surface area contributed by atoms with Crippen molar-refractivity contribution < 1.29 is 9.53 Å². The molecule has 128 valence electrons. The number of carbonyl (C=O) groups excluding carboxylic acids is 1. The van der Waals surface area contributed by atoms with E-state index in [1.807, 2.05) is 31.5 Å². The van der Waals surface area contributed by atoms with Crippen molar-refractivity contribution in [2.75, 3.05) is 20.1 Å². The maximum atomic E-state index is 11.9. The molecule has 0 fully saturated rings. The van der Waals surface area contributed by atoms with Gasteiger partial charge in [0.25, 0.3) is 5.91 Å². The van der Waals surface area contributed by atoms with Crippen LogP contribution in [0, 0.1) is 6.92 Å². The van der Waals surface area contributed by atoms with Crippen molar-refractivity contribution >= 4 is 42.1 Å². The number of hydrogen-bond acceptors (Lipinski definition) is 5. The fraction of sp³-hybridized carbons (Fsp3) is 0.333. The van der Waals surface area contributed by atoms with Crippen molar-refractivity contribution in [3.05, 3.63) is 45.9 Å². The van der Waals surface area contributed by atoms with Crippen molar-refractivity contribution in [1.82, 2.24) is 15.6 Å². The number of hydrogen-bond donors (Lipinski definition) is 2. The predicted octanol–water partition coefficient (Wildman–Crippen LogP) is 2.82. The summed E-state index contributed by atoms with van der Waals surface area (Å²) in [4.78, 5) is 16.3. The zero-order chi connectivity index (χ0) is 15.1. The summed E-state index contributed by atoms with van der Waals surface area (Å²) in [5.41, 5.74) is 1.50. The van der Waals surface area contributed by atoms with Gasteiger partial charge < -0.3 is 15.4 Å². The Morgan fingerprint density at radius 1 is 1.30 bits per heavy atom. The molecule has 2 rings (SSSR count). The van der Waals surface area contributed by atoms with E-state index >= 15 is 0 Å². The SMILES string of the molecule is CNCCNC(=O)c1cccc(OCc2csc(C)n2)c1.Cl.Cl. The van der Waals surface area contributed by atoms with Crippen molar-refractivity contribution in [3.63, 3.8) is 0 Å². The van der Waals surface area contributed by atoms with Crippen LogP contribution in [0.25, 0.3) is 0 Å². The van der Waals surface area contributed by atoms with Crippen molar-refractivity contribution in [3.8, 4) is 5.75 Å². The highest BCUT2D eigenvalue weighted by atomic mass is 35.5. The van der Waals surface area contributed by atoms with Gasteiger partial charge in [0, 0.05) is 24.0 Å². The number of halogens is 2. The van der Waals surface area contributed by atoms with E-state index in [0.717, 1.165) is 17.2 Å². The smallest absolute Gasteiger partial charge is 0.251 e. The standard InChI is InChI=1S/C15H19N3O2S.2ClH/c1-11-18-13(10-21-11)9-20-14-5-3-4-12(8-14)15(19)17-7-6-16-2;;/h3-5,8,10,16H,6-7,9H2,1-2H3,(H,17,19);2*1H. The Balaban J connectivity index is 0.00000242. The average Bonchev–Trinajstić information content (AvgIpc) is 2.91. The van der Waals surface area contributed by atoms with E-state index in [0.29, 0.717) is 24.5 Å². The van der Waals surface area contributed by atoms with Crippen molar-refractivity contribution in [2.24, 2.45) is 0 Å². The molecular weight excluding hydrogens is 357 g/mol. The number of amides is 1. The molecule has 0 radical (unpaired) electrons. The van der Waals surface area contributed by atoms with Crippen LogP contribution in [0.15, 0.2) is 29.6 Å². The minimum absolute atomic E-state index is 0. The second kappa shape index (κ2) is 11.2. The summed E-state index contributed by atoms with van der Waals surface area (Å²) >= 11 is 1.60. The van der Waals surface area contributed by atoms with Gasteiger partial charge in [0.15, 0.2) is 0 Å². The van der Waals surface area contributed by atoms with Gasteiger partial charge in [-0.2, -0.15) is 0 Å². The minimum Gasteiger partial charge on any atom is -0.487 e. The zero-order valence-corrected chi connectivity index (χ0v) is 15.4. The number of carbonyl (C=O) groups is 1. The monoisotopic (exact) mass is 377 g/mol. The number of aryl methyl sites for hydroxylation is 1. The van der Waals surface area contributed by atoms with Gasteiger partial charge in [0.1, 0.15) is 12.4 Å². The van der Waals surface area contributed by atoms with Gasteiger partial charge in [-0.25, -0.2) is 4.98 Å². The van der Waals surface area contributed by atoms with Gasteiger partial charge in [-0.15, -0.1) is 36.2 Å². The maximum Gasteiger partial charge on any atom is 0.251 e. The van der Waals surface area contributed by atoms with E-state index in [2.05, 4.69) is 15.6 Å². The first-order valence-electron chi connectivity index (χ1n) is 6.75. The molecule has 23 heavy (non-hydrogen) atoms. The average molecular weight is 378 g/mol. The fourth-order valence-corrected chi connectivity index (χ4v) is 2.36. The largest absolute Gasteiger partial charge is 0.487 e. The molecule has 8 heteroatoms. The normalized spacial score (nSPS) is 9.48. The van der Waals surface area contributed by atoms with Crippen LogP contribution in [0.2, 0.25) is 0 Å². The number of rotatable bonds is 7. The Morgan fingerprint density at radius 3 is 2.74 bits per heavy atom. The predicted molar refractivity (Wildman–Crippen MR) is 98.4 cm³/mol. The van der Waals surface area contributed by atoms with Gasteiger partial charge in [-0.3, -0.25) is 4.79 Å². The van der Waals surface area contributed by atoms with E-state index in [1.54, 1.807) is 23.5 Å². The molecule has 1 heterocycles. The van der Waals surface area contributed by atoms with Crippen LogP contribution in [-0.4, -0.2) is 31.0 Å². The lowest BCUT2D eigenvalue weighted by Crippen LogP contribution is -2.30. The Kier molecular flexibility index (Phi) is 10.6. The number of nitrogens with one attached hydrogen (secondary N) is 2. The molecule has 1 aromatic heterocycles. The summed E-state index contributed by atoms with van der Waals surface area (Å²) in [5.74, 6) is 0.571. The first-order valence-corrected chi connectivity index (χ1v) is 7.63. The Hall–Kier alpha value is -1.34. The highest BCUT2D eigenvalue weighted by Gasteiger charge is 2.06. The molecule has 2 N–H and O–H groups in total. The van der Waals surface area contributed by atoms with Crippen molar-refractivity contribution in [2.45, 2.75) is 13.5 Å².